The van der Waals surface area contributed by atoms with E-state index in [0.29, 0.717) is 5.75 Å². The number of benzene rings is 1. The van der Waals surface area contributed by atoms with Crippen LogP contribution in [0.15, 0.2) is 29.7 Å². The van der Waals surface area contributed by atoms with Gasteiger partial charge in [-0.25, -0.2) is 0 Å². The van der Waals surface area contributed by atoms with Crippen molar-refractivity contribution in [2.24, 2.45) is 0 Å². The zero-order chi connectivity index (χ0) is 9.84. The normalized spacial score (nSPS) is 12.5. The van der Waals surface area contributed by atoms with Crippen LogP contribution in [0.3, 0.4) is 0 Å². The van der Waals surface area contributed by atoms with Gasteiger partial charge in [-0.05, 0) is 24.1 Å². The van der Waals surface area contributed by atoms with Gasteiger partial charge in [-0.3, -0.25) is 4.21 Å². The number of aryl methyl sites for hydroxylation is 1. The molecule has 0 spiro atoms. The highest BCUT2D eigenvalue weighted by Crippen LogP contribution is 2.17. The highest BCUT2D eigenvalue weighted by atomic mass is 32.2. The first-order valence-electron chi connectivity index (χ1n) is 4.30. The lowest BCUT2D eigenvalue weighted by molar-refractivity contribution is 0.683. The average Bonchev–Trinajstić information content (AvgIpc) is 2.16. The van der Waals surface area contributed by atoms with E-state index in [1.807, 2.05) is 32.0 Å². The van der Waals surface area contributed by atoms with Crippen molar-refractivity contribution < 1.29 is 4.21 Å². The summed E-state index contributed by atoms with van der Waals surface area (Å²) in [6, 6.07) is 5.94. The van der Waals surface area contributed by atoms with Crippen LogP contribution in [0.1, 0.15) is 18.1 Å². The first kappa shape index (κ1) is 10.2. The quantitative estimate of drug-likeness (QED) is 0.723. The second-order valence-corrected chi connectivity index (χ2v) is 4.59. The Morgan fingerprint density at radius 1 is 1.54 bits per heavy atom. The smallest absolute Gasteiger partial charge is 0.0532 e. The van der Waals surface area contributed by atoms with Gasteiger partial charge in [0.2, 0.25) is 0 Å². The zero-order valence-corrected chi connectivity index (χ0v) is 8.86. The molecule has 1 rings (SSSR count). The third-order valence-electron chi connectivity index (χ3n) is 1.90. The summed E-state index contributed by atoms with van der Waals surface area (Å²) in [6.45, 7) is 7.63. The minimum absolute atomic E-state index is 0.657. The molecule has 13 heavy (non-hydrogen) atoms. The third-order valence-corrected chi connectivity index (χ3v) is 3.26. The largest absolute Gasteiger partial charge is 0.254 e. The van der Waals surface area contributed by atoms with E-state index in [9.17, 15) is 4.21 Å². The maximum absolute atomic E-state index is 11.6. The zero-order valence-electron chi connectivity index (χ0n) is 8.04. The second kappa shape index (κ2) is 4.38. The summed E-state index contributed by atoms with van der Waals surface area (Å²) in [4.78, 5) is 0.900. The van der Waals surface area contributed by atoms with E-state index in [2.05, 4.69) is 6.58 Å². The van der Waals surface area contributed by atoms with Crippen molar-refractivity contribution in [3.8, 4) is 0 Å². The number of hydrogen-bond donors (Lipinski definition) is 0. The first-order valence-corrected chi connectivity index (χ1v) is 5.62. The van der Waals surface area contributed by atoms with Gasteiger partial charge in [0.1, 0.15) is 0 Å². The van der Waals surface area contributed by atoms with E-state index in [0.717, 1.165) is 16.0 Å². The van der Waals surface area contributed by atoms with Crippen LogP contribution in [-0.2, 0) is 10.8 Å². The van der Waals surface area contributed by atoms with Crippen molar-refractivity contribution in [1.82, 2.24) is 0 Å². The summed E-state index contributed by atoms with van der Waals surface area (Å²) in [5, 5.41) is 0. The Morgan fingerprint density at radius 2 is 2.23 bits per heavy atom. The van der Waals surface area contributed by atoms with E-state index in [4.69, 9.17) is 0 Å². The lowest BCUT2D eigenvalue weighted by atomic mass is 10.1. The van der Waals surface area contributed by atoms with E-state index < -0.39 is 10.8 Å². The van der Waals surface area contributed by atoms with Gasteiger partial charge in [-0.15, -0.1) is 0 Å². The lowest BCUT2D eigenvalue weighted by Gasteiger charge is -2.05. The van der Waals surface area contributed by atoms with Gasteiger partial charge in [-0.2, -0.15) is 0 Å². The van der Waals surface area contributed by atoms with E-state index in [1.165, 1.54) is 0 Å². The standard InChI is InChI=1S/C11H14OS/c1-4-10-7-6-9(3)8-11(10)13(12)5-2/h4,6-8H,1,5H2,2-3H3. The Hall–Kier alpha value is -0.890. The van der Waals surface area contributed by atoms with Crippen molar-refractivity contribution in [2.75, 3.05) is 5.75 Å². The maximum Gasteiger partial charge on any atom is 0.0532 e. The molecule has 0 heterocycles. The fourth-order valence-electron chi connectivity index (χ4n) is 1.16. The van der Waals surface area contributed by atoms with Crippen molar-refractivity contribution in [3.63, 3.8) is 0 Å². The van der Waals surface area contributed by atoms with Crippen molar-refractivity contribution in [1.29, 1.82) is 0 Å². The molecule has 0 aromatic heterocycles. The average molecular weight is 194 g/mol. The minimum atomic E-state index is -0.883. The fourth-order valence-corrected chi connectivity index (χ4v) is 2.21. The Morgan fingerprint density at radius 3 is 2.77 bits per heavy atom. The summed E-state index contributed by atoms with van der Waals surface area (Å²) in [5.41, 5.74) is 2.12. The third kappa shape index (κ3) is 2.28. The molecule has 1 aromatic rings. The summed E-state index contributed by atoms with van der Waals surface area (Å²) in [6.07, 6.45) is 1.75. The van der Waals surface area contributed by atoms with Crippen LogP contribution in [0.4, 0.5) is 0 Å². The predicted octanol–water partition coefficient (Wildman–Crippen LogP) is 2.77. The molecular formula is C11H14OS. The van der Waals surface area contributed by atoms with E-state index >= 15 is 0 Å². The molecular weight excluding hydrogens is 180 g/mol. The molecule has 0 bridgehead atoms. The van der Waals surface area contributed by atoms with Crippen molar-refractivity contribution in [3.05, 3.63) is 35.9 Å². The van der Waals surface area contributed by atoms with Gasteiger partial charge in [0, 0.05) is 10.6 Å². The minimum Gasteiger partial charge on any atom is -0.254 e. The van der Waals surface area contributed by atoms with Gasteiger partial charge in [0.25, 0.3) is 0 Å². The lowest BCUT2D eigenvalue weighted by Crippen LogP contribution is -1.97. The molecule has 2 heteroatoms. The molecule has 0 N–H and O–H groups in total. The highest BCUT2D eigenvalue weighted by molar-refractivity contribution is 7.85. The summed E-state index contributed by atoms with van der Waals surface area (Å²) >= 11 is 0. The van der Waals surface area contributed by atoms with Crippen molar-refractivity contribution in [2.45, 2.75) is 18.7 Å². The number of hydrogen-bond acceptors (Lipinski definition) is 1. The Kier molecular flexibility index (Phi) is 3.43. The first-order chi connectivity index (χ1) is 6.19. The Labute approximate surface area is 81.9 Å². The van der Waals surface area contributed by atoms with Gasteiger partial charge in [0.15, 0.2) is 0 Å². The van der Waals surface area contributed by atoms with E-state index in [-0.39, 0.29) is 0 Å². The molecule has 0 fully saturated rings. The molecule has 70 valence electrons. The Bertz CT molecular complexity index is 342. The summed E-state index contributed by atoms with van der Waals surface area (Å²) in [5.74, 6) is 0.657. The molecule has 0 radical (unpaired) electrons. The molecule has 0 aliphatic rings. The monoisotopic (exact) mass is 194 g/mol. The van der Waals surface area contributed by atoms with Crippen LogP contribution in [0.25, 0.3) is 6.08 Å². The highest BCUT2D eigenvalue weighted by Gasteiger charge is 2.05. The molecule has 0 saturated heterocycles. The topological polar surface area (TPSA) is 17.1 Å². The SMILES string of the molecule is C=Cc1ccc(C)cc1S(=O)CC. The van der Waals surface area contributed by atoms with Crippen LogP contribution in [-0.4, -0.2) is 9.96 Å². The molecule has 0 aliphatic heterocycles. The molecule has 1 aromatic carbocycles. The Balaban J connectivity index is 3.23. The fraction of sp³-hybridized carbons (Fsp3) is 0.273. The van der Waals surface area contributed by atoms with Gasteiger partial charge < -0.3 is 0 Å². The van der Waals surface area contributed by atoms with Crippen LogP contribution in [0, 0.1) is 6.92 Å². The molecule has 1 unspecified atom stereocenters. The van der Waals surface area contributed by atoms with Gasteiger partial charge >= 0.3 is 0 Å². The summed E-state index contributed by atoms with van der Waals surface area (Å²) < 4.78 is 11.6. The molecule has 1 nitrogen and oxygen atoms in total. The molecule has 0 aliphatic carbocycles. The van der Waals surface area contributed by atoms with Crippen LogP contribution >= 0.6 is 0 Å². The van der Waals surface area contributed by atoms with E-state index in [1.54, 1.807) is 6.08 Å². The summed E-state index contributed by atoms with van der Waals surface area (Å²) in [7, 11) is -0.883. The maximum atomic E-state index is 11.6. The van der Waals surface area contributed by atoms with Crippen LogP contribution < -0.4 is 0 Å². The predicted molar refractivity (Wildman–Crippen MR) is 58.2 cm³/mol. The van der Waals surface area contributed by atoms with Gasteiger partial charge in [-0.1, -0.05) is 31.7 Å². The molecule has 1 atom stereocenters. The van der Waals surface area contributed by atoms with Gasteiger partial charge in [0.05, 0.1) is 10.8 Å². The molecule has 0 saturated carbocycles. The van der Waals surface area contributed by atoms with Crippen LogP contribution in [0.2, 0.25) is 0 Å². The molecule has 0 amide bonds. The second-order valence-electron chi connectivity index (χ2n) is 2.88. The number of rotatable bonds is 3. The van der Waals surface area contributed by atoms with Crippen molar-refractivity contribution >= 4 is 16.9 Å². The van der Waals surface area contributed by atoms with Crippen LogP contribution in [0.5, 0.6) is 0 Å².